The van der Waals surface area contributed by atoms with Crippen molar-refractivity contribution in [1.29, 1.82) is 0 Å². The first-order valence-electron chi connectivity index (χ1n) is 2.36. The molecule has 0 N–H and O–H groups in total. The van der Waals surface area contributed by atoms with E-state index in [0.717, 1.165) is 5.76 Å². The predicted molar refractivity (Wildman–Crippen MR) is 30.7 cm³/mol. The lowest BCUT2D eigenvalue weighted by molar-refractivity contribution is 0.247. The lowest BCUT2D eigenvalue weighted by Gasteiger charge is -1.97. The normalized spacial score (nSPS) is 11.6. The van der Waals surface area contributed by atoms with Crippen molar-refractivity contribution in [2.45, 2.75) is 13.8 Å². The van der Waals surface area contributed by atoms with Crippen LogP contribution in [-0.2, 0) is 4.74 Å². The van der Waals surface area contributed by atoms with E-state index in [1.54, 1.807) is 0 Å². The number of allylic oxidation sites excluding steroid dienone is 2. The van der Waals surface area contributed by atoms with Crippen molar-refractivity contribution < 1.29 is 4.74 Å². The average molecular weight is 99.2 g/mol. The summed E-state index contributed by atoms with van der Waals surface area (Å²) in [7, 11) is 0. The fourth-order valence-corrected chi connectivity index (χ4v) is 0.244. The van der Waals surface area contributed by atoms with E-state index in [1.807, 2.05) is 19.9 Å². The molecular weight excluding hydrogens is 88.1 g/mol. The third-order valence-electron chi connectivity index (χ3n) is 0.736. The summed E-state index contributed by atoms with van der Waals surface area (Å²) in [5, 5.41) is 0. The zero-order valence-corrected chi connectivity index (χ0v) is 4.90. The van der Waals surface area contributed by atoms with E-state index < -0.39 is 0 Å². The molecule has 0 saturated carbocycles. The van der Waals surface area contributed by atoms with Crippen LogP contribution in [0.1, 0.15) is 13.8 Å². The van der Waals surface area contributed by atoms with Gasteiger partial charge >= 0.3 is 0 Å². The summed E-state index contributed by atoms with van der Waals surface area (Å²) >= 11 is 0. The van der Waals surface area contributed by atoms with Crippen LogP contribution in [0.3, 0.4) is 0 Å². The van der Waals surface area contributed by atoms with E-state index in [1.165, 1.54) is 0 Å². The molecule has 0 bridgehead atoms. The highest BCUT2D eigenvalue weighted by Gasteiger charge is 1.77. The minimum Gasteiger partial charge on any atom is -0.499 e. The van der Waals surface area contributed by atoms with Gasteiger partial charge < -0.3 is 4.74 Å². The Hall–Kier alpha value is -0.460. The molecule has 0 atom stereocenters. The molecular formula is C6H11O. The zero-order chi connectivity index (χ0) is 5.70. The maximum absolute atomic E-state index is 4.94. The molecule has 1 nitrogen and oxygen atoms in total. The van der Waals surface area contributed by atoms with Crippen LogP contribution in [0.5, 0.6) is 0 Å². The minimum atomic E-state index is 0.524. The van der Waals surface area contributed by atoms with Gasteiger partial charge in [0.15, 0.2) is 0 Å². The van der Waals surface area contributed by atoms with Crippen molar-refractivity contribution in [3.8, 4) is 0 Å². The first-order valence-corrected chi connectivity index (χ1v) is 2.36. The molecule has 7 heavy (non-hydrogen) atoms. The Kier molecular flexibility index (Phi) is 3.48. The number of hydrogen-bond acceptors (Lipinski definition) is 1. The highest BCUT2D eigenvalue weighted by molar-refractivity contribution is 4.83. The molecule has 0 rings (SSSR count). The van der Waals surface area contributed by atoms with Gasteiger partial charge in [-0.3, -0.25) is 0 Å². The smallest absolute Gasteiger partial charge is 0.0886 e. The van der Waals surface area contributed by atoms with Crippen LogP contribution < -0.4 is 0 Å². The predicted octanol–water partition coefficient (Wildman–Crippen LogP) is 1.76. The fraction of sp³-hybridized carbons (Fsp3) is 0.500. The Morgan fingerprint density at radius 3 is 2.57 bits per heavy atom. The highest BCUT2D eigenvalue weighted by Crippen LogP contribution is 1.90. The largest absolute Gasteiger partial charge is 0.499 e. The van der Waals surface area contributed by atoms with Crippen LogP contribution >= 0.6 is 0 Å². The summed E-state index contributed by atoms with van der Waals surface area (Å²) in [5.41, 5.74) is 0. The molecule has 0 unspecified atom stereocenters. The Balaban J connectivity index is 3.17. The molecule has 0 spiro atoms. The molecule has 0 aromatic heterocycles. The summed E-state index contributed by atoms with van der Waals surface area (Å²) in [4.78, 5) is 0. The Bertz CT molecular complexity index is 64.6. The van der Waals surface area contributed by atoms with Crippen molar-refractivity contribution in [3.05, 3.63) is 18.8 Å². The molecule has 0 aliphatic carbocycles. The fourth-order valence-electron chi connectivity index (χ4n) is 0.244. The quantitative estimate of drug-likeness (QED) is 0.479. The Labute approximate surface area is 45.0 Å². The molecule has 0 heterocycles. The lowest BCUT2D eigenvalue weighted by Crippen LogP contribution is -1.84. The van der Waals surface area contributed by atoms with E-state index in [0.29, 0.717) is 6.61 Å². The summed E-state index contributed by atoms with van der Waals surface area (Å²) in [6.07, 6.45) is 1.91. The van der Waals surface area contributed by atoms with Gasteiger partial charge in [-0.2, -0.15) is 0 Å². The van der Waals surface area contributed by atoms with Gasteiger partial charge in [0.05, 0.1) is 12.4 Å². The van der Waals surface area contributed by atoms with E-state index in [9.17, 15) is 0 Å². The van der Waals surface area contributed by atoms with Crippen molar-refractivity contribution >= 4 is 0 Å². The first-order chi connectivity index (χ1) is 3.31. The van der Waals surface area contributed by atoms with Crippen molar-refractivity contribution in [3.63, 3.8) is 0 Å². The molecule has 0 aromatic carbocycles. The topological polar surface area (TPSA) is 9.23 Å². The zero-order valence-electron chi connectivity index (χ0n) is 4.90. The molecule has 0 fully saturated rings. The maximum atomic E-state index is 4.94. The van der Waals surface area contributed by atoms with Crippen LogP contribution in [0.15, 0.2) is 11.8 Å². The Morgan fingerprint density at radius 1 is 1.86 bits per heavy atom. The third kappa shape index (κ3) is 3.37. The van der Waals surface area contributed by atoms with Crippen molar-refractivity contribution in [2.24, 2.45) is 0 Å². The van der Waals surface area contributed by atoms with E-state index >= 15 is 0 Å². The summed E-state index contributed by atoms with van der Waals surface area (Å²) in [6, 6.07) is 0. The summed E-state index contributed by atoms with van der Waals surface area (Å²) in [5.74, 6) is 0.940. The summed E-state index contributed by atoms with van der Waals surface area (Å²) in [6.45, 7) is 7.88. The lowest BCUT2D eigenvalue weighted by atomic mass is 10.5. The third-order valence-corrected chi connectivity index (χ3v) is 0.736. The van der Waals surface area contributed by atoms with Crippen LogP contribution in [0.4, 0.5) is 0 Å². The average Bonchev–Trinajstić information content (AvgIpc) is 1.68. The molecule has 0 saturated heterocycles. The van der Waals surface area contributed by atoms with E-state index in [2.05, 4.69) is 6.92 Å². The molecule has 0 aromatic rings. The minimum absolute atomic E-state index is 0.524. The van der Waals surface area contributed by atoms with Crippen molar-refractivity contribution in [1.82, 2.24) is 0 Å². The van der Waals surface area contributed by atoms with E-state index in [4.69, 9.17) is 4.74 Å². The molecule has 0 amide bonds. The highest BCUT2D eigenvalue weighted by atomic mass is 16.5. The van der Waals surface area contributed by atoms with Gasteiger partial charge in [0.25, 0.3) is 0 Å². The molecule has 1 heteroatoms. The van der Waals surface area contributed by atoms with Gasteiger partial charge in [-0.1, -0.05) is 6.08 Å². The molecule has 0 aliphatic heterocycles. The van der Waals surface area contributed by atoms with Gasteiger partial charge in [-0.05, 0) is 20.8 Å². The summed E-state index contributed by atoms with van der Waals surface area (Å²) < 4.78 is 4.94. The molecule has 41 valence electrons. The number of ether oxygens (including phenoxy) is 1. The maximum Gasteiger partial charge on any atom is 0.0886 e. The van der Waals surface area contributed by atoms with Gasteiger partial charge in [0.1, 0.15) is 0 Å². The van der Waals surface area contributed by atoms with Crippen LogP contribution in [0, 0.1) is 6.92 Å². The van der Waals surface area contributed by atoms with Gasteiger partial charge in [-0.15, -0.1) is 0 Å². The SMILES string of the molecule is [CH2]COC(C)=CC. The second-order valence-corrected chi connectivity index (χ2v) is 1.25. The van der Waals surface area contributed by atoms with E-state index in [-0.39, 0.29) is 0 Å². The van der Waals surface area contributed by atoms with Crippen LogP contribution in [0.2, 0.25) is 0 Å². The standard InChI is InChI=1S/C6H11O/c1-4-6(3)7-5-2/h4H,2,5H2,1,3H3. The Morgan fingerprint density at radius 2 is 2.43 bits per heavy atom. The van der Waals surface area contributed by atoms with Gasteiger partial charge in [-0.25, -0.2) is 0 Å². The van der Waals surface area contributed by atoms with Crippen LogP contribution in [-0.4, -0.2) is 6.61 Å². The number of rotatable bonds is 2. The second-order valence-electron chi connectivity index (χ2n) is 1.25. The van der Waals surface area contributed by atoms with Gasteiger partial charge in [0, 0.05) is 0 Å². The van der Waals surface area contributed by atoms with Crippen molar-refractivity contribution in [2.75, 3.05) is 6.61 Å². The second kappa shape index (κ2) is 3.72. The molecule has 1 radical (unpaired) electrons. The number of hydrogen-bond donors (Lipinski definition) is 0. The molecule has 0 aliphatic rings. The monoisotopic (exact) mass is 99.1 g/mol. The van der Waals surface area contributed by atoms with Gasteiger partial charge in [0.2, 0.25) is 0 Å². The van der Waals surface area contributed by atoms with Crippen LogP contribution in [0.25, 0.3) is 0 Å². The first kappa shape index (κ1) is 6.54.